The first-order valence-electron chi connectivity index (χ1n) is 13.4. The maximum atomic E-state index is 13.5. The van der Waals surface area contributed by atoms with Crippen LogP contribution in [-0.4, -0.2) is 104 Å². The normalized spacial score (nSPS) is 24.5. The van der Waals surface area contributed by atoms with Crippen LogP contribution < -0.4 is 16.1 Å². The first-order chi connectivity index (χ1) is 18.1. The number of carbonyl (C=O) groups is 5. The molecule has 2 heterocycles. The Morgan fingerprint density at radius 1 is 1.03 bits per heavy atom. The Kier molecular flexibility index (Phi) is 13.3. The van der Waals surface area contributed by atoms with Gasteiger partial charge in [0.25, 0.3) is 0 Å². The summed E-state index contributed by atoms with van der Waals surface area (Å²) in [5.41, 5.74) is 1.65. The summed E-state index contributed by atoms with van der Waals surface area (Å²) in [6, 6.07) is -0.935. The van der Waals surface area contributed by atoms with Gasteiger partial charge in [-0.1, -0.05) is 13.8 Å². The Labute approximate surface area is 223 Å². The topological polar surface area (TPSA) is 167 Å². The van der Waals surface area contributed by atoms with Gasteiger partial charge in [0.1, 0.15) is 6.04 Å². The molecule has 0 unspecified atom stereocenters. The third kappa shape index (κ3) is 10.1. The summed E-state index contributed by atoms with van der Waals surface area (Å²) < 4.78 is 10.5. The molecule has 0 aromatic heterocycles. The van der Waals surface area contributed by atoms with E-state index in [-0.39, 0.29) is 37.8 Å². The van der Waals surface area contributed by atoms with Crippen molar-refractivity contribution in [2.24, 2.45) is 17.8 Å². The molecule has 13 heteroatoms. The van der Waals surface area contributed by atoms with Crippen molar-refractivity contribution in [3.8, 4) is 0 Å². The first-order valence-corrected chi connectivity index (χ1v) is 13.4. The lowest BCUT2D eigenvalue weighted by molar-refractivity contribution is -0.142. The maximum absolute atomic E-state index is 13.5. The fourth-order valence-electron chi connectivity index (χ4n) is 4.68. The molecule has 2 aliphatic heterocycles. The van der Waals surface area contributed by atoms with Crippen LogP contribution in [0.5, 0.6) is 0 Å². The molecule has 0 spiro atoms. The number of cyclic esters (lactones) is 1. The van der Waals surface area contributed by atoms with Crippen molar-refractivity contribution in [1.29, 1.82) is 0 Å². The van der Waals surface area contributed by atoms with Crippen molar-refractivity contribution >= 4 is 29.7 Å². The number of amides is 5. The van der Waals surface area contributed by atoms with Gasteiger partial charge < -0.3 is 29.9 Å². The SMILES string of the molecule is CC(C)C[C@H]1C(=O)N[C@H](C(=O)NCC(=O)N2CCOCC2)CCCCN(C)C(=O)OCCC[C@@H]1C(=O)NO. The van der Waals surface area contributed by atoms with E-state index in [2.05, 4.69) is 10.6 Å². The molecule has 0 aliphatic carbocycles. The van der Waals surface area contributed by atoms with Crippen molar-refractivity contribution < 1.29 is 38.7 Å². The fourth-order valence-corrected chi connectivity index (χ4v) is 4.68. The van der Waals surface area contributed by atoms with Gasteiger partial charge in [0.2, 0.25) is 23.6 Å². The lowest BCUT2D eigenvalue weighted by Gasteiger charge is -2.29. The van der Waals surface area contributed by atoms with Crippen LogP contribution in [0.4, 0.5) is 4.79 Å². The number of morpholine rings is 1. The highest BCUT2D eigenvalue weighted by molar-refractivity contribution is 5.92. The zero-order chi connectivity index (χ0) is 28.1. The van der Waals surface area contributed by atoms with E-state index in [0.29, 0.717) is 58.5 Å². The van der Waals surface area contributed by atoms with E-state index in [0.717, 1.165) is 0 Å². The molecule has 0 aromatic carbocycles. The van der Waals surface area contributed by atoms with Crippen LogP contribution in [0.25, 0.3) is 0 Å². The van der Waals surface area contributed by atoms with Crippen LogP contribution in [0.3, 0.4) is 0 Å². The van der Waals surface area contributed by atoms with Gasteiger partial charge in [-0.3, -0.25) is 24.4 Å². The number of nitrogens with zero attached hydrogens (tertiary/aromatic N) is 2. The van der Waals surface area contributed by atoms with E-state index in [4.69, 9.17) is 9.47 Å². The second kappa shape index (κ2) is 16.1. The molecule has 0 bridgehead atoms. The van der Waals surface area contributed by atoms with Gasteiger partial charge in [0.15, 0.2) is 0 Å². The smallest absolute Gasteiger partial charge is 0.409 e. The number of nitrogens with one attached hydrogen (secondary N) is 3. The summed E-state index contributed by atoms with van der Waals surface area (Å²) in [5.74, 6) is -3.59. The molecule has 0 radical (unpaired) electrons. The molecule has 0 saturated carbocycles. The standard InChI is InChI=1S/C25H43N5O8/c1-17(2)15-19-18(23(33)28-36)7-6-12-38-25(35)29(3)9-5-4-8-20(27-22(19)32)24(34)26-16-21(31)30-10-13-37-14-11-30/h17-20,36H,4-16H2,1-3H3,(H,26,34)(H,27,32)(H,28,33)/t18-,19+,20-/m0/s1. The predicted molar refractivity (Wildman–Crippen MR) is 136 cm³/mol. The molecule has 4 N–H and O–H groups in total. The summed E-state index contributed by atoms with van der Waals surface area (Å²) >= 11 is 0. The number of rotatable bonds is 6. The minimum atomic E-state index is -0.935. The largest absolute Gasteiger partial charge is 0.449 e. The Hall–Kier alpha value is -2.93. The molecule has 2 rings (SSSR count). The average molecular weight is 542 g/mol. The van der Waals surface area contributed by atoms with Crippen LogP contribution >= 0.6 is 0 Å². The Morgan fingerprint density at radius 3 is 2.39 bits per heavy atom. The highest BCUT2D eigenvalue weighted by Gasteiger charge is 2.36. The number of ether oxygens (including phenoxy) is 2. The monoisotopic (exact) mass is 541 g/mol. The first kappa shape index (κ1) is 31.3. The molecule has 2 fully saturated rings. The highest BCUT2D eigenvalue weighted by atomic mass is 16.6. The van der Waals surface area contributed by atoms with Gasteiger partial charge in [-0.25, -0.2) is 10.3 Å². The number of carbonyl (C=O) groups excluding carboxylic acids is 5. The lowest BCUT2D eigenvalue weighted by Crippen LogP contribution is -2.53. The quantitative estimate of drug-likeness (QED) is 0.274. The van der Waals surface area contributed by atoms with Crippen molar-refractivity contribution in [2.45, 2.75) is 58.4 Å². The van der Waals surface area contributed by atoms with Gasteiger partial charge in [0.05, 0.1) is 32.3 Å². The van der Waals surface area contributed by atoms with Crippen LogP contribution in [0, 0.1) is 17.8 Å². The van der Waals surface area contributed by atoms with E-state index in [1.807, 2.05) is 13.8 Å². The van der Waals surface area contributed by atoms with Crippen LogP contribution in [0.15, 0.2) is 0 Å². The van der Waals surface area contributed by atoms with Gasteiger partial charge in [-0.2, -0.15) is 0 Å². The summed E-state index contributed by atoms with van der Waals surface area (Å²) in [7, 11) is 1.62. The van der Waals surface area contributed by atoms with E-state index < -0.39 is 41.7 Å². The van der Waals surface area contributed by atoms with Crippen molar-refractivity contribution in [3.05, 3.63) is 0 Å². The van der Waals surface area contributed by atoms with Gasteiger partial charge in [-0.05, 0) is 44.4 Å². The van der Waals surface area contributed by atoms with Gasteiger partial charge in [0, 0.05) is 32.6 Å². The lowest BCUT2D eigenvalue weighted by atomic mass is 9.81. The summed E-state index contributed by atoms with van der Waals surface area (Å²) in [6.07, 6.45) is 1.72. The number of hydrogen-bond acceptors (Lipinski definition) is 8. The second-order valence-electron chi connectivity index (χ2n) is 10.3. The summed E-state index contributed by atoms with van der Waals surface area (Å²) in [5, 5.41) is 14.8. The molecule has 5 amide bonds. The second-order valence-corrected chi connectivity index (χ2v) is 10.3. The molecule has 2 aliphatic rings. The van der Waals surface area contributed by atoms with E-state index in [1.54, 1.807) is 17.4 Å². The van der Waals surface area contributed by atoms with Crippen LogP contribution in [-0.2, 0) is 28.7 Å². The van der Waals surface area contributed by atoms with Crippen molar-refractivity contribution in [1.82, 2.24) is 25.9 Å². The minimum Gasteiger partial charge on any atom is -0.449 e. The molecule has 2 saturated heterocycles. The third-order valence-corrected chi connectivity index (χ3v) is 6.84. The van der Waals surface area contributed by atoms with Crippen molar-refractivity contribution in [2.75, 3.05) is 53.0 Å². The molecule has 3 atom stereocenters. The Morgan fingerprint density at radius 2 is 1.74 bits per heavy atom. The third-order valence-electron chi connectivity index (χ3n) is 6.84. The van der Waals surface area contributed by atoms with Crippen LogP contribution in [0.2, 0.25) is 0 Å². The molecular formula is C25H43N5O8. The maximum Gasteiger partial charge on any atom is 0.409 e. The van der Waals surface area contributed by atoms with E-state index in [1.165, 1.54) is 4.90 Å². The number of hydrogen-bond donors (Lipinski definition) is 4. The predicted octanol–water partition coefficient (Wildman–Crippen LogP) is 0.263. The molecular weight excluding hydrogens is 498 g/mol. The molecule has 0 aromatic rings. The molecule has 38 heavy (non-hydrogen) atoms. The minimum absolute atomic E-state index is 0.0479. The average Bonchev–Trinajstić information content (AvgIpc) is 2.91. The van der Waals surface area contributed by atoms with E-state index in [9.17, 15) is 29.2 Å². The Bertz CT molecular complexity index is 818. The number of hydroxylamine groups is 1. The summed E-state index contributed by atoms with van der Waals surface area (Å²) in [6.45, 7) is 5.89. The van der Waals surface area contributed by atoms with Gasteiger partial charge in [-0.15, -0.1) is 0 Å². The highest BCUT2D eigenvalue weighted by Crippen LogP contribution is 2.26. The fraction of sp³-hybridized carbons (Fsp3) is 0.800. The molecule has 216 valence electrons. The zero-order valence-electron chi connectivity index (χ0n) is 22.7. The molecule has 13 nitrogen and oxygen atoms in total. The van der Waals surface area contributed by atoms with E-state index >= 15 is 0 Å². The van der Waals surface area contributed by atoms with Crippen LogP contribution in [0.1, 0.15) is 52.4 Å². The Balaban J connectivity index is 2.21. The zero-order valence-corrected chi connectivity index (χ0v) is 22.7. The van der Waals surface area contributed by atoms with Crippen molar-refractivity contribution in [3.63, 3.8) is 0 Å². The summed E-state index contributed by atoms with van der Waals surface area (Å²) in [4.78, 5) is 67.0. The van der Waals surface area contributed by atoms with Gasteiger partial charge >= 0.3 is 6.09 Å².